The highest BCUT2D eigenvalue weighted by Gasteiger charge is 2.24. The Bertz CT molecular complexity index is 188. The van der Waals surface area contributed by atoms with Crippen molar-refractivity contribution in [2.75, 3.05) is 20.2 Å². The molecule has 0 rings (SSSR count). The zero-order valence-corrected chi connectivity index (χ0v) is 7.13. The summed E-state index contributed by atoms with van der Waals surface area (Å²) in [5.74, 6) is -2.14. The predicted octanol–water partition coefficient (Wildman–Crippen LogP) is -2.32. The monoisotopic (exact) mass is 193 g/mol. The maximum atomic E-state index is 12.8. The molecule has 0 aliphatic heterocycles. The molecule has 0 radical (unpaired) electrons. The molecule has 1 atom stereocenters. The molecule has 0 aromatic rings. The maximum absolute atomic E-state index is 12.8. The van der Waals surface area contributed by atoms with Gasteiger partial charge in [-0.25, -0.2) is 9.82 Å². The average Bonchev–Trinajstić information content (AvgIpc) is 2.13. The third-order valence-corrected chi connectivity index (χ3v) is 1.12. The van der Waals surface area contributed by atoms with Gasteiger partial charge in [-0.3, -0.25) is 15.0 Å². The molecule has 76 valence electrons. The summed E-state index contributed by atoms with van der Waals surface area (Å²) in [6, 6.07) is 0. The van der Waals surface area contributed by atoms with Crippen molar-refractivity contribution in [2.24, 2.45) is 0 Å². The summed E-state index contributed by atoms with van der Waals surface area (Å²) in [6.45, 7) is -0.377. The first-order valence-electron chi connectivity index (χ1n) is 3.62. The second kappa shape index (κ2) is 6.32. The Balaban J connectivity index is 3.87. The fourth-order valence-electron chi connectivity index (χ4n) is 0.574. The van der Waals surface area contributed by atoms with Gasteiger partial charge < -0.3 is 10.4 Å². The van der Waals surface area contributed by atoms with E-state index in [1.807, 2.05) is 10.7 Å². The molecular formula is C6H12FN3O3. The molecule has 0 saturated carbocycles. The van der Waals surface area contributed by atoms with Crippen LogP contribution in [0.1, 0.15) is 0 Å². The lowest BCUT2D eigenvalue weighted by Gasteiger charge is -2.08. The van der Waals surface area contributed by atoms with Crippen molar-refractivity contribution in [3.8, 4) is 0 Å². The molecule has 13 heavy (non-hydrogen) atoms. The molecule has 0 fully saturated rings. The van der Waals surface area contributed by atoms with Gasteiger partial charge in [0.15, 0.2) is 0 Å². The van der Waals surface area contributed by atoms with E-state index in [-0.39, 0.29) is 13.2 Å². The van der Waals surface area contributed by atoms with Crippen LogP contribution in [0.5, 0.6) is 0 Å². The van der Waals surface area contributed by atoms with E-state index in [9.17, 15) is 14.0 Å². The van der Waals surface area contributed by atoms with Gasteiger partial charge >= 0.3 is 0 Å². The topological polar surface area (TPSA) is 90.5 Å². The van der Waals surface area contributed by atoms with Crippen molar-refractivity contribution in [2.45, 2.75) is 6.17 Å². The summed E-state index contributed by atoms with van der Waals surface area (Å²) in [6.07, 6.45) is -2.26. The summed E-state index contributed by atoms with van der Waals surface area (Å²) in [5.41, 5.74) is 4.11. The predicted molar refractivity (Wildman–Crippen MR) is 42.2 cm³/mol. The highest BCUT2D eigenvalue weighted by Crippen LogP contribution is 1.89. The van der Waals surface area contributed by atoms with Crippen LogP contribution in [0.3, 0.4) is 0 Å². The van der Waals surface area contributed by atoms with Gasteiger partial charge in [-0.15, -0.1) is 0 Å². The van der Waals surface area contributed by atoms with Crippen LogP contribution in [0, 0.1) is 0 Å². The number of aliphatic hydroxyl groups is 1. The molecule has 0 aromatic carbocycles. The summed E-state index contributed by atoms with van der Waals surface area (Å²) < 4.78 is 12.8. The van der Waals surface area contributed by atoms with E-state index in [0.29, 0.717) is 0 Å². The normalized spacial score (nSPS) is 11.9. The molecule has 6 nitrogen and oxygen atoms in total. The Hall–Kier alpha value is -1.21. The molecule has 0 aromatic heterocycles. The molecule has 7 heteroatoms. The Kier molecular flexibility index (Phi) is 5.73. The van der Waals surface area contributed by atoms with Gasteiger partial charge in [0.05, 0.1) is 6.61 Å². The third-order valence-electron chi connectivity index (χ3n) is 1.12. The molecule has 4 N–H and O–H groups in total. The number of aliphatic hydroxyl groups excluding tert-OH is 1. The van der Waals surface area contributed by atoms with Crippen LogP contribution in [-0.2, 0) is 9.59 Å². The van der Waals surface area contributed by atoms with Gasteiger partial charge in [0.1, 0.15) is 0 Å². The lowest BCUT2D eigenvalue weighted by molar-refractivity contribution is -0.137. The highest BCUT2D eigenvalue weighted by atomic mass is 19.1. The molecular weight excluding hydrogens is 181 g/mol. The van der Waals surface area contributed by atoms with Crippen LogP contribution in [-0.4, -0.2) is 43.3 Å². The largest absolute Gasteiger partial charge is 0.395 e. The number of carbonyl (C=O) groups is 2. The quantitative estimate of drug-likeness (QED) is 0.291. The van der Waals surface area contributed by atoms with E-state index in [1.165, 1.54) is 7.05 Å². The van der Waals surface area contributed by atoms with Crippen LogP contribution in [0.15, 0.2) is 0 Å². The minimum absolute atomic E-state index is 0.0773. The summed E-state index contributed by atoms with van der Waals surface area (Å²) in [5, 5.41) is 10.3. The molecule has 2 amide bonds. The minimum atomic E-state index is -2.26. The van der Waals surface area contributed by atoms with E-state index in [4.69, 9.17) is 5.11 Å². The zero-order valence-electron chi connectivity index (χ0n) is 7.13. The zero-order chi connectivity index (χ0) is 10.3. The van der Waals surface area contributed by atoms with Gasteiger partial charge in [-0.05, 0) is 0 Å². The number of halogens is 1. The maximum Gasteiger partial charge on any atom is 0.278 e. The number of alkyl halides is 1. The second-order valence-electron chi connectivity index (χ2n) is 2.12. The fraction of sp³-hybridized carbons (Fsp3) is 0.667. The van der Waals surface area contributed by atoms with Gasteiger partial charge in [-0.2, -0.15) is 0 Å². The van der Waals surface area contributed by atoms with E-state index in [0.717, 1.165) is 0 Å². The lowest BCUT2D eigenvalue weighted by Crippen LogP contribution is -2.47. The first-order chi connectivity index (χ1) is 6.13. The molecule has 1 unspecified atom stereocenters. The lowest BCUT2D eigenvalue weighted by atomic mass is 10.3. The first-order valence-corrected chi connectivity index (χ1v) is 3.62. The van der Waals surface area contributed by atoms with Crippen molar-refractivity contribution in [3.63, 3.8) is 0 Å². The van der Waals surface area contributed by atoms with E-state index in [2.05, 4.69) is 5.43 Å². The average molecular weight is 193 g/mol. The van der Waals surface area contributed by atoms with Crippen molar-refractivity contribution in [3.05, 3.63) is 0 Å². The van der Waals surface area contributed by atoms with E-state index >= 15 is 0 Å². The van der Waals surface area contributed by atoms with Crippen LogP contribution >= 0.6 is 0 Å². The van der Waals surface area contributed by atoms with E-state index in [1.54, 1.807) is 0 Å². The molecule has 0 aliphatic rings. The number of rotatable bonds is 5. The van der Waals surface area contributed by atoms with Gasteiger partial charge in [0.2, 0.25) is 0 Å². The van der Waals surface area contributed by atoms with E-state index < -0.39 is 18.0 Å². The SMILES string of the molecule is CNNC(=O)C(F)C(=O)NCCO. The van der Waals surface area contributed by atoms with Crippen molar-refractivity contribution >= 4 is 11.8 Å². The summed E-state index contributed by atoms with van der Waals surface area (Å²) in [4.78, 5) is 21.4. The smallest absolute Gasteiger partial charge is 0.278 e. The number of carbonyl (C=O) groups excluding carboxylic acids is 2. The van der Waals surface area contributed by atoms with Crippen molar-refractivity contribution in [1.29, 1.82) is 0 Å². The summed E-state index contributed by atoms with van der Waals surface area (Å²) >= 11 is 0. The Morgan fingerprint density at radius 2 is 2.08 bits per heavy atom. The van der Waals surface area contributed by atoms with Crippen molar-refractivity contribution in [1.82, 2.24) is 16.2 Å². The fourth-order valence-corrected chi connectivity index (χ4v) is 0.574. The number of hydrazine groups is 1. The second-order valence-corrected chi connectivity index (χ2v) is 2.12. The van der Waals surface area contributed by atoms with Gasteiger partial charge in [0.25, 0.3) is 18.0 Å². The van der Waals surface area contributed by atoms with Crippen LogP contribution in [0.4, 0.5) is 4.39 Å². The number of nitrogens with one attached hydrogen (secondary N) is 3. The molecule has 0 bridgehead atoms. The third kappa shape index (κ3) is 4.38. The standard InChI is InChI=1S/C6H12FN3O3/c1-8-10-6(13)4(7)5(12)9-2-3-11/h4,8,11H,2-3H2,1H3,(H,9,12)(H,10,13). The molecule has 0 saturated heterocycles. The van der Waals surface area contributed by atoms with Gasteiger partial charge in [0, 0.05) is 13.6 Å². The van der Waals surface area contributed by atoms with Crippen molar-refractivity contribution < 1.29 is 19.1 Å². The van der Waals surface area contributed by atoms with Crippen LogP contribution < -0.4 is 16.2 Å². The number of hydrogen-bond donors (Lipinski definition) is 4. The van der Waals surface area contributed by atoms with Gasteiger partial charge in [-0.1, -0.05) is 0 Å². The summed E-state index contributed by atoms with van der Waals surface area (Å²) in [7, 11) is 1.37. The van der Waals surface area contributed by atoms with Crippen LogP contribution in [0.2, 0.25) is 0 Å². The molecule has 0 spiro atoms. The Morgan fingerprint density at radius 3 is 2.54 bits per heavy atom. The molecule has 0 heterocycles. The Labute approximate surface area is 74.5 Å². The molecule has 0 aliphatic carbocycles. The first kappa shape index (κ1) is 11.8. The number of amides is 2. The Morgan fingerprint density at radius 1 is 1.46 bits per heavy atom. The van der Waals surface area contributed by atoms with Crippen LogP contribution in [0.25, 0.3) is 0 Å². The highest BCUT2D eigenvalue weighted by molar-refractivity contribution is 6.02. The minimum Gasteiger partial charge on any atom is -0.395 e. The number of hydrogen-bond acceptors (Lipinski definition) is 4.